The van der Waals surface area contributed by atoms with E-state index in [1.807, 2.05) is 24.3 Å². The lowest BCUT2D eigenvalue weighted by atomic mass is 9.84. The molecular formula is C23H26N4O6S. The van der Waals surface area contributed by atoms with E-state index in [1.54, 1.807) is 0 Å². The minimum atomic E-state index is -4.21. The Bertz CT molecular complexity index is 1230. The summed E-state index contributed by atoms with van der Waals surface area (Å²) < 4.78 is 34.2. The summed E-state index contributed by atoms with van der Waals surface area (Å²) in [6, 6.07) is 11.4. The largest absolute Gasteiger partial charge is 0.468 e. The summed E-state index contributed by atoms with van der Waals surface area (Å²) in [5.41, 5.74) is 0.866. The van der Waals surface area contributed by atoms with Gasteiger partial charge in [0.25, 0.3) is 5.69 Å². The number of likely N-dealkylation sites (tertiary alicyclic amines) is 1. The van der Waals surface area contributed by atoms with Gasteiger partial charge < -0.3 is 10.1 Å². The van der Waals surface area contributed by atoms with Crippen LogP contribution in [0, 0.1) is 10.1 Å². The number of esters is 1. The van der Waals surface area contributed by atoms with Crippen LogP contribution in [0.15, 0.2) is 53.4 Å². The Hall–Kier alpha value is -3.02. The fraction of sp³-hybridized carbons (Fsp3) is 0.435. The zero-order valence-electron chi connectivity index (χ0n) is 18.7. The van der Waals surface area contributed by atoms with Crippen LogP contribution >= 0.6 is 0 Å². The quantitative estimate of drug-likeness (QED) is 0.389. The number of piperidine rings is 1. The molecule has 2 aromatic carbocycles. The fourth-order valence-electron chi connectivity index (χ4n) is 5.72. The SMILES string of the molecule is COC(=O)[C@H]1C[C@@]2(N3CCCCC3)c3ccccc3N[C@H]2N1S(=O)(=O)c1ccc([N+](=O)[O-])cc1. The van der Waals surface area contributed by atoms with Gasteiger partial charge in [-0.2, -0.15) is 4.31 Å². The molecule has 2 saturated heterocycles. The predicted molar refractivity (Wildman–Crippen MR) is 123 cm³/mol. The molecule has 3 heterocycles. The van der Waals surface area contributed by atoms with Crippen molar-refractivity contribution in [2.75, 3.05) is 25.5 Å². The second-order valence-electron chi connectivity index (χ2n) is 8.89. The third-order valence-electron chi connectivity index (χ3n) is 7.22. The Morgan fingerprint density at radius 1 is 1.12 bits per heavy atom. The number of rotatable bonds is 5. The van der Waals surface area contributed by atoms with Gasteiger partial charge in [-0.25, -0.2) is 8.42 Å². The Balaban J connectivity index is 1.66. The second-order valence-corrected chi connectivity index (χ2v) is 10.7. The highest BCUT2D eigenvalue weighted by atomic mass is 32.2. The first-order valence-corrected chi connectivity index (χ1v) is 12.7. The molecule has 1 N–H and O–H groups in total. The van der Waals surface area contributed by atoms with Crippen molar-refractivity contribution >= 4 is 27.4 Å². The van der Waals surface area contributed by atoms with Crippen LogP contribution in [0.3, 0.4) is 0 Å². The average Bonchev–Trinajstić information content (AvgIpc) is 3.36. The van der Waals surface area contributed by atoms with Gasteiger partial charge in [-0.05, 0) is 49.7 Å². The highest BCUT2D eigenvalue weighted by molar-refractivity contribution is 7.89. The molecule has 2 fully saturated rings. The van der Waals surface area contributed by atoms with E-state index in [1.165, 1.54) is 23.5 Å². The number of non-ortho nitro benzene ring substituents is 1. The smallest absolute Gasteiger partial charge is 0.324 e. The van der Waals surface area contributed by atoms with Crippen LogP contribution in [-0.4, -0.2) is 60.9 Å². The monoisotopic (exact) mass is 486 g/mol. The highest BCUT2D eigenvalue weighted by Gasteiger charge is 2.65. The molecule has 2 aromatic rings. The maximum Gasteiger partial charge on any atom is 0.324 e. The van der Waals surface area contributed by atoms with E-state index < -0.39 is 38.7 Å². The maximum atomic E-state index is 14.0. The van der Waals surface area contributed by atoms with Crippen LogP contribution in [0.4, 0.5) is 11.4 Å². The lowest BCUT2D eigenvalue weighted by Crippen LogP contribution is -2.56. The molecule has 0 aromatic heterocycles. The molecule has 5 rings (SSSR count). The minimum Gasteiger partial charge on any atom is -0.468 e. The van der Waals surface area contributed by atoms with Crippen LogP contribution < -0.4 is 5.32 Å². The zero-order chi connectivity index (χ0) is 24.1. The van der Waals surface area contributed by atoms with Gasteiger partial charge in [0.2, 0.25) is 10.0 Å². The van der Waals surface area contributed by atoms with Gasteiger partial charge in [-0.3, -0.25) is 19.8 Å². The van der Waals surface area contributed by atoms with Gasteiger partial charge in [0, 0.05) is 24.2 Å². The molecule has 0 unspecified atom stereocenters. The number of carbonyl (C=O) groups is 1. The topological polar surface area (TPSA) is 122 Å². The van der Waals surface area contributed by atoms with Crippen LogP contribution in [0.2, 0.25) is 0 Å². The number of fused-ring (bicyclic) bond motifs is 3. The molecule has 10 nitrogen and oxygen atoms in total. The fourth-order valence-corrected chi connectivity index (χ4v) is 7.44. The van der Waals surface area contributed by atoms with Crippen molar-refractivity contribution in [3.05, 3.63) is 64.2 Å². The lowest BCUT2D eigenvalue weighted by molar-refractivity contribution is -0.384. The number of nitrogens with one attached hydrogen (secondary N) is 1. The van der Waals surface area contributed by atoms with E-state index in [9.17, 15) is 23.3 Å². The van der Waals surface area contributed by atoms with Crippen molar-refractivity contribution in [3.8, 4) is 0 Å². The number of sulfonamides is 1. The van der Waals surface area contributed by atoms with E-state index in [-0.39, 0.29) is 17.0 Å². The third kappa shape index (κ3) is 3.29. The van der Waals surface area contributed by atoms with Gasteiger partial charge in [0.15, 0.2) is 0 Å². The molecule has 0 radical (unpaired) electrons. The number of hydrogen-bond donors (Lipinski definition) is 1. The van der Waals surface area contributed by atoms with Crippen LogP contribution in [0.1, 0.15) is 31.2 Å². The highest BCUT2D eigenvalue weighted by Crippen LogP contribution is 2.55. The number of nitro groups is 1. The van der Waals surface area contributed by atoms with E-state index in [0.29, 0.717) is 0 Å². The van der Waals surface area contributed by atoms with Crippen molar-refractivity contribution in [2.45, 2.75) is 48.3 Å². The number of anilines is 1. The normalized spacial score (nSPS) is 27.0. The van der Waals surface area contributed by atoms with E-state index in [4.69, 9.17) is 4.74 Å². The number of para-hydroxylation sites is 1. The number of ether oxygens (including phenoxy) is 1. The molecule has 11 heteroatoms. The van der Waals surface area contributed by atoms with Crippen molar-refractivity contribution in [3.63, 3.8) is 0 Å². The summed E-state index contributed by atoms with van der Waals surface area (Å²) in [5, 5.41) is 14.4. The molecule has 3 atom stereocenters. The molecule has 34 heavy (non-hydrogen) atoms. The van der Waals surface area contributed by atoms with Gasteiger partial charge >= 0.3 is 5.97 Å². The first-order chi connectivity index (χ1) is 16.3. The maximum absolute atomic E-state index is 14.0. The number of methoxy groups -OCH3 is 1. The summed E-state index contributed by atoms with van der Waals surface area (Å²) in [4.78, 5) is 25.6. The third-order valence-corrected chi connectivity index (χ3v) is 9.11. The molecule has 0 bridgehead atoms. The van der Waals surface area contributed by atoms with Gasteiger partial charge in [0.05, 0.1) is 22.5 Å². The number of nitrogens with zero attached hydrogens (tertiary/aromatic N) is 3. The number of nitro benzene ring substituents is 1. The Labute approximate surface area is 197 Å². The molecular weight excluding hydrogens is 460 g/mol. The van der Waals surface area contributed by atoms with Crippen LogP contribution in [0.5, 0.6) is 0 Å². The van der Waals surface area contributed by atoms with E-state index in [2.05, 4.69) is 10.2 Å². The first-order valence-electron chi connectivity index (χ1n) is 11.3. The van der Waals surface area contributed by atoms with Crippen molar-refractivity contribution in [1.29, 1.82) is 0 Å². The van der Waals surface area contributed by atoms with Gasteiger partial charge in [-0.15, -0.1) is 0 Å². The lowest BCUT2D eigenvalue weighted by Gasteiger charge is -2.44. The number of benzene rings is 2. The minimum absolute atomic E-state index is 0.112. The molecule has 0 aliphatic carbocycles. The molecule has 3 aliphatic rings. The number of hydrogen-bond acceptors (Lipinski definition) is 8. The molecule has 0 spiro atoms. The Morgan fingerprint density at radius 2 is 1.79 bits per heavy atom. The molecule has 0 saturated carbocycles. The first kappa shape index (κ1) is 22.8. The molecule has 180 valence electrons. The summed E-state index contributed by atoms with van der Waals surface area (Å²) in [6.07, 6.45) is 2.62. The Morgan fingerprint density at radius 3 is 2.44 bits per heavy atom. The van der Waals surface area contributed by atoms with Crippen molar-refractivity contribution in [1.82, 2.24) is 9.21 Å². The number of carbonyl (C=O) groups excluding carboxylic acids is 1. The Kier molecular flexibility index (Phi) is 5.58. The van der Waals surface area contributed by atoms with Crippen LogP contribution in [-0.2, 0) is 25.1 Å². The van der Waals surface area contributed by atoms with Crippen molar-refractivity contribution in [2.24, 2.45) is 0 Å². The summed E-state index contributed by atoms with van der Waals surface area (Å²) in [6.45, 7) is 1.59. The van der Waals surface area contributed by atoms with Gasteiger partial charge in [-0.1, -0.05) is 24.6 Å². The molecule has 0 amide bonds. The van der Waals surface area contributed by atoms with E-state index in [0.717, 1.165) is 55.7 Å². The zero-order valence-corrected chi connectivity index (χ0v) is 19.5. The average molecular weight is 487 g/mol. The standard InChI is InChI=1S/C23H26N4O6S/c1-33-21(28)20-15-23(25-13-5-2-6-14-25)18-7-3-4-8-19(18)24-22(23)26(20)34(31,32)17-11-9-16(10-12-17)27(29)30/h3-4,7-12,20,22,24H,2,5-6,13-15H2,1H3/t20-,22+,23-/m1/s1. The van der Waals surface area contributed by atoms with E-state index >= 15 is 0 Å². The predicted octanol–water partition coefficient (Wildman–Crippen LogP) is 2.66. The molecule has 3 aliphatic heterocycles. The summed E-state index contributed by atoms with van der Waals surface area (Å²) in [5.74, 6) is -0.629. The summed E-state index contributed by atoms with van der Waals surface area (Å²) >= 11 is 0. The second kappa shape index (κ2) is 8.33. The van der Waals surface area contributed by atoms with Gasteiger partial charge in [0.1, 0.15) is 12.2 Å². The van der Waals surface area contributed by atoms with Crippen LogP contribution in [0.25, 0.3) is 0 Å². The van der Waals surface area contributed by atoms with Crippen molar-refractivity contribution < 1.29 is 22.9 Å². The summed E-state index contributed by atoms with van der Waals surface area (Å²) in [7, 11) is -2.96.